The molecule has 0 fully saturated rings. The van der Waals surface area contributed by atoms with Crippen molar-refractivity contribution in [2.24, 2.45) is 5.73 Å². The van der Waals surface area contributed by atoms with Crippen LogP contribution >= 0.6 is 0 Å². The average molecular weight is 349 g/mol. The Morgan fingerprint density at radius 1 is 1.08 bits per heavy atom. The van der Waals surface area contributed by atoms with Crippen molar-refractivity contribution < 1.29 is 18.3 Å². The van der Waals surface area contributed by atoms with Gasteiger partial charge in [-0.1, -0.05) is 25.5 Å². The molecule has 2 aromatic carbocycles. The van der Waals surface area contributed by atoms with Crippen molar-refractivity contribution in [3.05, 3.63) is 59.2 Å². The summed E-state index contributed by atoms with van der Waals surface area (Å²) < 4.78 is 38.3. The minimum Gasteiger partial charge on any atom is -0.493 e. The van der Waals surface area contributed by atoms with Crippen LogP contribution in [0.3, 0.4) is 0 Å². The smallest absolute Gasteiger partial charge is 0.161 e. The molecule has 0 heterocycles. The van der Waals surface area contributed by atoms with Crippen LogP contribution in [0.15, 0.2) is 36.4 Å². The second-order valence-electron chi connectivity index (χ2n) is 5.99. The van der Waals surface area contributed by atoms with Gasteiger partial charge in [-0.05, 0) is 48.7 Å². The van der Waals surface area contributed by atoms with Crippen molar-refractivity contribution in [2.45, 2.75) is 32.1 Å². The van der Waals surface area contributed by atoms with Crippen LogP contribution in [0.4, 0.5) is 8.78 Å². The molecule has 2 N–H and O–H groups in total. The molecule has 0 saturated carbocycles. The van der Waals surface area contributed by atoms with E-state index in [1.807, 2.05) is 18.2 Å². The average Bonchev–Trinajstić information content (AvgIpc) is 2.60. The highest BCUT2D eigenvalue weighted by molar-refractivity contribution is 5.43. The van der Waals surface area contributed by atoms with Crippen molar-refractivity contribution in [1.29, 1.82) is 0 Å². The van der Waals surface area contributed by atoms with Gasteiger partial charge in [0.1, 0.15) is 11.6 Å². The second-order valence-corrected chi connectivity index (χ2v) is 5.99. The first-order valence-electron chi connectivity index (χ1n) is 8.53. The molecule has 0 aliphatic heterocycles. The van der Waals surface area contributed by atoms with E-state index in [0.29, 0.717) is 30.1 Å². The molecule has 2 rings (SSSR count). The monoisotopic (exact) mass is 349 g/mol. The summed E-state index contributed by atoms with van der Waals surface area (Å²) in [6.07, 6.45) is 2.54. The van der Waals surface area contributed by atoms with Crippen molar-refractivity contribution in [3.63, 3.8) is 0 Å². The fraction of sp³-hybridized carbons (Fsp3) is 0.400. The van der Waals surface area contributed by atoms with E-state index in [9.17, 15) is 8.78 Å². The Bertz CT molecular complexity index is 691. The summed E-state index contributed by atoms with van der Waals surface area (Å²) in [5.74, 6) is -0.0603. The minimum absolute atomic E-state index is 0.238. The zero-order chi connectivity index (χ0) is 18.2. The molecule has 0 spiro atoms. The molecule has 0 amide bonds. The normalized spacial score (nSPS) is 12.0. The van der Waals surface area contributed by atoms with Gasteiger partial charge in [-0.2, -0.15) is 0 Å². The second kappa shape index (κ2) is 9.37. The lowest BCUT2D eigenvalue weighted by atomic mass is 9.91. The molecular formula is C20H25F2NO2. The van der Waals surface area contributed by atoms with E-state index in [1.165, 1.54) is 12.1 Å². The lowest BCUT2D eigenvalue weighted by Crippen LogP contribution is -2.16. The van der Waals surface area contributed by atoms with Crippen LogP contribution in [0.25, 0.3) is 0 Å². The summed E-state index contributed by atoms with van der Waals surface area (Å²) in [5, 5.41) is 0. The van der Waals surface area contributed by atoms with Crippen LogP contribution in [0, 0.1) is 11.6 Å². The minimum atomic E-state index is -0.590. The highest BCUT2D eigenvalue weighted by atomic mass is 19.1. The van der Waals surface area contributed by atoms with Gasteiger partial charge in [0.05, 0.1) is 13.7 Å². The van der Waals surface area contributed by atoms with Gasteiger partial charge in [0, 0.05) is 12.0 Å². The number of methoxy groups -OCH3 is 1. The third-order valence-corrected chi connectivity index (χ3v) is 4.15. The van der Waals surface area contributed by atoms with Crippen molar-refractivity contribution in [1.82, 2.24) is 0 Å². The van der Waals surface area contributed by atoms with E-state index in [1.54, 1.807) is 7.11 Å². The predicted octanol–water partition coefficient (Wildman–Crippen LogP) is 4.44. The summed E-state index contributed by atoms with van der Waals surface area (Å²) in [7, 11) is 1.60. The lowest BCUT2D eigenvalue weighted by molar-refractivity contribution is 0.288. The standard InChI is InChI=1S/C20H25F2NO2/c1-3-4-9-25-20-11-14(5-8-19(20)24-2)10-15(13-23)17-7-6-16(21)12-18(17)22/h5-8,11-12,15H,3-4,9-10,13,23H2,1-2H3. The maximum Gasteiger partial charge on any atom is 0.161 e. The molecule has 0 aliphatic carbocycles. The largest absolute Gasteiger partial charge is 0.493 e. The van der Waals surface area contributed by atoms with E-state index in [4.69, 9.17) is 15.2 Å². The molecule has 5 heteroatoms. The van der Waals surface area contributed by atoms with Crippen LogP contribution in [0.5, 0.6) is 11.5 Å². The molecule has 0 bridgehead atoms. The van der Waals surface area contributed by atoms with E-state index >= 15 is 0 Å². The Labute approximate surface area is 147 Å². The van der Waals surface area contributed by atoms with Crippen molar-refractivity contribution >= 4 is 0 Å². The summed E-state index contributed by atoms with van der Waals surface area (Å²) in [4.78, 5) is 0. The quantitative estimate of drug-likeness (QED) is 0.681. The van der Waals surface area contributed by atoms with Gasteiger partial charge < -0.3 is 15.2 Å². The lowest BCUT2D eigenvalue weighted by Gasteiger charge is -2.18. The van der Waals surface area contributed by atoms with E-state index < -0.39 is 11.6 Å². The number of benzene rings is 2. The molecule has 1 atom stereocenters. The Balaban J connectivity index is 2.20. The molecule has 0 saturated heterocycles. The predicted molar refractivity (Wildman–Crippen MR) is 95.3 cm³/mol. The number of unbranched alkanes of at least 4 members (excludes halogenated alkanes) is 1. The van der Waals surface area contributed by atoms with Crippen molar-refractivity contribution in [2.75, 3.05) is 20.3 Å². The SMILES string of the molecule is CCCCOc1cc(CC(CN)c2ccc(F)cc2F)ccc1OC. The van der Waals surface area contributed by atoms with Gasteiger partial charge in [0.25, 0.3) is 0 Å². The van der Waals surface area contributed by atoms with Gasteiger partial charge in [-0.15, -0.1) is 0 Å². The topological polar surface area (TPSA) is 44.5 Å². The highest BCUT2D eigenvalue weighted by Gasteiger charge is 2.17. The van der Waals surface area contributed by atoms with Crippen LogP contribution in [0.1, 0.15) is 36.8 Å². The number of rotatable bonds is 9. The molecule has 0 aromatic heterocycles. The van der Waals surface area contributed by atoms with Crippen LogP contribution in [0.2, 0.25) is 0 Å². The molecule has 136 valence electrons. The molecule has 2 aromatic rings. The summed E-state index contributed by atoms with van der Waals surface area (Å²) in [5.41, 5.74) is 7.22. The number of ether oxygens (including phenoxy) is 2. The van der Waals surface area contributed by atoms with Gasteiger partial charge >= 0.3 is 0 Å². The van der Waals surface area contributed by atoms with Crippen LogP contribution < -0.4 is 15.2 Å². The molecule has 25 heavy (non-hydrogen) atoms. The Morgan fingerprint density at radius 3 is 2.52 bits per heavy atom. The fourth-order valence-corrected chi connectivity index (χ4v) is 2.72. The number of hydrogen-bond acceptors (Lipinski definition) is 3. The van der Waals surface area contributed by atoms with Gasteiger partial charge in [-0.25, -0.2) is 8.78 Å². The van der Waals surface area contributed by atoms with E-state index in [0.717, 1.165) is 24.5 Å². The third-order valence-electron chi connectivity index (χ3n) is 4.15. The first-order chi connectivity index (χ1) is 12.1. The zero-order valence-corrected chi connectivity index (χ0v) is 14.7. The van der Waals surface area contributed by atoms with E-state index in [2.05, 4.69) is 6.92 Å². The number of hydrogen-bond donors (Lipinski definition) is 1. The Hall–Kier alpha value is -2.14. The number of halogens is 2. The summed E-state index contributed by atoms with van der Waals surface area (Å²) in [6.45, 7) is 2.98. The van der Waals surface area contributed by atoms with Crippen LogP contribution in [-0.2, 0) is 6.42 Å². The fourth-order valence-electron chi connectivity index (χ4n) is 2.72. The molecule has 3 nitrogen and oxygen atoms in total. The summed E-state index contributed by atoms with van der Waals surface area (Å²) >= 11 is 0. The maximum absolute atomic E-state index is 14.1. The third kappa shape index (κ3) is 5.16. The Kier molecular flexibility index (Phi) is 7.19. The highest BCUT2D eigenvalue weighted by Crippen LogP contribution is 2.31. The van der Waals surface area contributed by atoms with Gasteiger partial charge in [0.2, 0.25) is 0 Å². The zero-order valence-electron chi connectivity index (χ0n) is 14.7. The van der Waals surface area contributed by atoms with Crippen molar-refractivity contribution in [3.8, 4) is 11.5 Å². The van der Waals surface area contributed by atoms with E-state index in [-0.39, 0.29) is 12.5 Å². The molecular weight excluding hydrogens is 324 g/mol. The number of nitrogens with two attached hydrogens (primary N) is 1. The molecule has 1 unspecified atom stereocenters. The maximum atomic E-state index is 14.1. The molecule has 0 radical (unpaired) electrons. The Morgan fingerprint density at radius 2 is 1.88 bits per heavy atom. The van der Waals surface area contributed by atoms with Crippen LogP contribution in [-0.4, -0.2) is 20.3 Å². The first kappa shape index (κ1) is 19.2. The van der Waals surface area contributed by atoms with Gasteiger partial charge in [0.15, 0.2) is 11.5 Å². The molecule has 0 aliphatic rings. The first-order valence-corrected chi connectivity index (χ1v) is 8.53. The summed E-state index contributed by atoms with van der Waals surface area (Å²) in [6, 6.07) is 9.27. The van der Waals surface area contributed by atoms with Gasteiger partial charge in [-0.3, -0.25) is 0 Å².